The molecule has 8 bridgehead atoms. The van der Waals surface area contributed by atoms with Gasteiger partial charge in [0, 0.05) is 27.1 Å². The fourth-order valence-corrected chi connectivity index (χ4v) is 15.7. The number of rotatable bonds is 5. The molecule has 8 fully saturated rings. The number of benzene rings is 6. The second-order valence-corrected chi connectivity index (χ2v) is 20.5. The first-order valence-corrected chi connectivity index (χ1v) is 22.8. The molecule has 0 amide bonds. The molecule has 8 aromatic rings. The third kappa shape index (κ3) is 4.61. The Morgan fingerprint density at radius 1 is 0.397 bits per heavy atom. The van der Waals surface area contributed by atoms with Crippen LogP contribution in [0, 0.1) is 35.5 Å². The molecule has 0 aliphatic heterocycles. The molecule has 0 N–H and O–H groups in total. The van der Waals surface area contributed by atoms with Crippen LogP contribution in [-0.4, -0.2) is 4.57 Å². The highest BCUT2D eigenvalue weighted by atomic mass is 16.3. The zero-order valence-electron chi connectivity index (χ0n) is 33.4. The van der Waals surface area contributed by atoms with Gasteiger partial charge in [-0.2, -0.15) is 0 Å². The molecule has 2 nitrogen and oxygen atoms in total. The van der Waals surface area contributed by atoms with E-state index in [0.717, 1.165) is 46.7 Å². The van der Waals surface area contributed by atoms with E-state index in [9.17, 15) is 0 Å². The summed E-state index contributed by atoms with van der Waals surface area (Å²) in [5.74, 6) is 5.53. The van der Waals surface area contributed by atoms with Gasteiger partial charge >= 0.3 is 0 Å². The van der Waals surface area contributed by atoms with Crippen molar-refractivity contribution in [2.24, 2.45) is 35.5 Å². The SMILES string of the molecule is c1ccc(-c2cccc3oc4ccccc4c23)c(-c2ccccc2-n2c3cc(C45CC6CC(CC(C6)C4)C5)ccc3c3ccc(C45CC6CC(CC(C6)C4)C5)cc32)c1. The van der Waals surface area contributed by atoms with Crippen LogP contribution in [0.2, 0.25) is 0 Å². The van der Waals surface area contributed by atoms with Crippen molar-refractivity contribution in [1.29, 1.82) is 0 Å². The highest BCUT2D eigenvalue weighted by Crippen LogP contribution is 2.63. The lowest BCUT2D eigenvalue weighted by Gasteiger charge is -2.57. The van der Waals surface area contributed by atoms with Gasteiger partial charge in [-0.25, -0.2) is 0 Å². The fourth-order valence-electron chi connectivity index (χ4n) is 15.7. The monoisotopic (exact) mass is 753 g/mol. The standard InChI is InChI=1S/C56H51NO/c1-2-9-43(47-12-7-15-53-54(47)48-11-4-6-14-52(48)58-53)42(8-1)44-10-3-5-13-49(44)57-50-26-40(55-28-34-20-35(29-55)22-36(21-34)30-55)16-18-45(50)46-19-17-41(27-51(46)57)56-31-37-23-38(32-56)25-39(24-37)33-56/h1-19,26-27,34-39H,20-25,28-33H2. The maximum Gasteiger partial charge on any atom is 0.136 e. The summed E-state index contributed by atoms with van der Waals surface area (Å²) in [7, 11) is 0. The largest absolute Gasteiger partial charge is 0.456 e. The van der Waals surface area contributed by atoms with Gasteiger partial charge in [0.25, 0.3) is 0 Å². The summed E-state index contributed by atoms with van der Waals surface area (Å²) in [6.07, 6.45) is 17.2. The van der Waals surface area contributed by atoms with Crippen molar-refractivity contribution < 1.29 is 4.42 Å². The first kappa shape index (κ1) is 32.8. The molecule has 286 valence electrons. The van der Waals surface area contributed by atoms with Gasteiger partial charge < -0.3 is 8.98 Å². The Labute approximate surface area is 341 Å². The van der Waals surface area contributed by atoms with Crippen LogP contribution in [0.5, 0.6) is 0 Å². The van der Waals surface area contributed by atoms with E-state index in [1.807, 2.05) is 0 Å². The Morgan fingerprint density at radius 3 is 1.41 bits per heavy atom. The van der Waals surface area contributed by atoms with E-state index in [1.165, 1.54) is 138 Å². The lowest BCUT2D eigenvalue weighted by atomic mass is 9.48. The van der Waals surface area contributed by atoms with Crippen molar-refractivity contribution in [3.05, 3.63) is 139 Å². The molecule has 6 aromatic carbocycles. The van der Waals surface area contributed by atoms with Crippen LogP contribution in [-0.2, 0) is 10.8 Å². The van der Waals surface area contributed by atoms with Gasteiger partial charge in [-0.1, -0.05) is 97.1 Å². The van der Waals surface area contributed by atoms with Crippen LogP contribution >= 0.6 is 0 Å². The highest BCUT2D eigenvalue weighted by molar-refractivity contribution is 6.14. The third-order valence-electron chi connectivity index (χ3n) is 17.1. The fraction of sp³-hybridized carbons (Fsp3) is 0.357. The molecule has 2 aromatic heterocycles. The van der Waals surface area contributed by atoms with Gasteiger partial charge in [-0.3, -0.25) is 0 Å². The predicted octanol–water partition coefficient (Wildman–Crippen LogP) is 15.0. The van der Waals surface area contributed by atoms with Gasteiger partial charge in [-0.05, 0) is 182 Å². The van der Waals surface area contributed by atoms with Crippen LogP contribution in [0.3, 0.4) is 0 Å². The Bertz CT molecular complexity index is 2820. The molecule has 2 heteroatoms. The minimum absolute atomic E-state index is 0.340. The number of nitrogens with zero attached hydrogens (tertiary/aromatic N) is 1. The maximum atomic E-state index is 6.43. The average Bonchev–Trinajstić information content (AvgIpc) is 3.78. The molecule has 0 radical (unpaired) electrons. The minimum atomic E-state index is 0.340. The quantitative estimate of drug-likeness (QED) is 0.171. The average molecular weight is 754 g/mol. The van der Waals surface area contributed by atoms with Crippen LogP contribution in [0.25, 0.3) is 71.7 Å². The van der Waals surface area contributed by atoms with E-state index < -0.39 is 0 Å². The van der Waals surface area contributed by atoms with Crippen molar-refractivity contribution in [2.75, 3.05) is 0 Å². The van der Waals surface area contributed by atoms with Crippen molar-refractivity contribution in [3.8, 4) is 27.9 Å². The van der Waals surface area contributed by atoms with Crippen LogP contribution in [0.4, 0.5) is 0 Å². The summed E-state index contributed by atoms with van der Waals surface area (Å²) in [4.78, 5) is 0. The molecule has 8 aliphatic carbocycles. The molecule has 2 heterocycles. The molecule has 8 saturated carbocycles. The molecule has 0 atom stereocenters. The number of hydrogen-bond donors (Lipinski definition) is 0. The van der Waals surface area contributed by atoms with Gasteiger partial charge in [0.2, 0.25) is 0 Å². The lowest BCUT2D eigenvalue weighted by molar-refractivity contribution is -0.00524. The smallest absolute Gasteiger partial charge is 0.136 e. The molecule has 16 rings (SSSR count). The minimum Gasteiger partial charge on any atom is -0.456 e. The number of furan rings is 1. The summed E-state index contributed by atoms with van der Waals surface area (Å²) in [6, 6.07) is 49.1. The number of hydrogen-bond acceptors (Lipinski definition) is 1. The van der Waals surface area contributed by atoms with E-state index in [-0.39, 0.29) is 0 Å². The second-order valence-electron chi connectivity index (χ2n) is 20.5. The Hall–Kier alpha value is -5.08. The molecular formula is C56H51NO. The zero-order chi connectivity index (χ0) is 37.7. The summed E-state index contributed by atoms with van der Waals surface area (Å²) in [5.41, 5.74) is 14.9. The molecule has 0 saturated heterocycles. The predicted molar refractivity (Wildman–Crippen MR) is 239 cm³/mol. The normalized spacial score (nSPS) is 30.8. The van der Waals surface area contributed by atoms with E-state index in [4.69, 9.17) is 4.42 Å². The van der Waals surface area contributed by atoms with Crippen molar-refractivity contribution in [2.45, 2.75) is 87.9 Å². The van der Waals surface area contributed by atoms with Crippen molar-refractivity contribution >= 4 is 43.7 Å². The second kappa shape index (κ2) is 11.8. The van der Waals surface area contributed by atoms with Gasteiger partial charge in [0.1, 0.15) is 11.2 Å². The Morgan fingerprint density at radius 2 is 0.845 bits per heavy atom. The van der Waals surface area contributed by atoms with Crippen LogP contribution in [0.1, 0.15) is 88.2 Å². The maximum absolute atomic E-state index is 6.43. The summed E-state index contributed by atoms with van der Waals surface area (Å²) >= 11 is 0. The number of para-hydroxylation sites is 2. The van der Waals surface area contributed by atoms with Crippen molar-refractivity contribution in [3.63, 3.8) is 0 Å². The number of fused-ring (bicyclic) bond motifs is 6. The summed E-state index contributed by atoms with van der Waals surface area (Å²) < 4.78 is 9.15. The Balaban J connectivity index is 1.01. The number of aromatic nitrogens is 1. The van der Waals surface area contributed by atoms with E-state index in [1.54, 1.807) is 11.1 Å². The lowest BCUT2D eigenvalue weighted by Crippen LogP contribution is -2.48. The molecule has 0 unspecified atom stereocenters. The Kier molecular flexibility index (Phi) is 6.67. The summed E-state index contributed by atoms with van der Waals surface area (Å²) in [5, 5.41) is 5.17. The van der Waals surface area contributed by atoms with Crippen LogP contribution < -0.4 is 0 Å². The zero-order valence-corrected chi connectivity index (χ0v) is 33.4. The van der Waals surface area contributed by atoms with Gasteiger partial charge in [0.05, 0.1) is 16.7 Å². The topological polar surface area (TPSA) is 18.1 Å². The van der Waals surface area contributed by atoms with Crippen molar-refractivity contribution in [1.82, 2.24) is 4.57 Å². The highest BCUT2D eigenvalue weighted by Gasteiger charge is 2.53. The van der Waals surface area contributed by atoms with Gasteiger partial charge in [0.15, 0.2) is 0 Å². The molecular weight excluding hydrogens is 703 g/mol. The third-order valence-corrected chi connectivity index (χ3v) is 17.1. The molecule has 8 aliphatic rings. The molecule has 58 heavy (non-hydrogen) atoms. The van der Waals surface area contributed by atoms with Gasteiger partial charge in [-0.15, -0.1) is 0 Å². The van der Waals surface area contributed by atoms with Crippen LogP contribution in [0.15, 0.2) is 132 Å². The van der Waals surface area contributed by atoms with E-state index in [0.29, 0.717) is 10.8 Å². The molecule has 0 spiro atoms. The summed E-state index contributed by atoms with van der Waals surface area (Å²) in [6.45, 7) is 0. The first-order valence-electron chi connectivity index (χ1n) is 22.8. The first-order chi connectivity index (χ1) is 28.6. The van der Waals surface area contributed by atoms with E-state index >= 15 is 0 Å². The van der Waals surface area contributed by atoms with E-state index in [2.05, 4.69) is 132 Å².